The molecule has 1 aromatic heterocycles. The van der Waals surface area contributed by atoms with Gasteiger partial charge in [0.2, 0.25) is 0 Å². The van der Waals surface area contributed by atoms with E-state index in [0.717, 1.165) is 30.9 Å². The van der Waals surface area contributed by atoms with Gasteiger partial charge >= 0.3 is 0 Å². The molecular weight excluding hydrogens is 386 g/mol. The quantitative estimate of drug-likeness (QED) is 0.616. The van der Waals surface area contributed by atoms with E-state index in [1.54, 1.807) is 18.3 Å². The maximum absolute atomic E-state index is 13.8. The van der Waals surface area contributed by atoms with Crippen LogP contribution in [0.3, 0.4) is 0 Å². The maximum Gasteiger partial charge on any atom is 0.196 e. The van der Waals surface area contributed by atoms with Crippen molar-refractivity contribution in [2.24, 2.45) is 0 Å². The van der Waals surface area contributed by atoms with Crippen molar-refractivity contribution in [3.63, 3.8) is 0 Å². The number of carbonyl (C=O) groups excluding carboxylic acids is 2. The second-order valence-corrected chi connectivity index (χ2v) is 8.35. The number of carbonyl (C=O) groups is 2. The van der Waals surface area contributed by atoms with Gasteiger partial charge < -0.3 is 0 Å². The van der Waals surface area contributed by atoms with E-state index in [0.29, 0.717) is 24.2 Å². The van der Waals surface area contributed by atoms with Gasteiger partial charge in [-0.05, 0) is 30.2 Å². The van der Waals surface area contributed by atoms with Gasteiger partial charge in [0.05, 0.1) is 0 Å². The highest BCUT2D eigenvalue weighted by molar-refractivity contribution is 6.32. The minimum Gasteiger partial charge on any atom is -0.297 e. The van der Waals surface area contributed by atoms with Crippen LogP contribution in [0.4, 0.5) is 0 Å². The Morgan fingerprint density at radius 3 is 2.06 bits per heavy atom. The topological polar surface area (TPSA) is 53.5 Å². The van der Waals surface area contributed by atoms with Crippen LogP contribution in [0, 0.1) is 6.92 Å². The van der Waals surface area contributed by atoms with Crippen LogP contribution >= 0.6 is 0 Å². The Morgan fingerprint density at radius 1 is 0.839 bits per heavy atom. The molecule has 0 saturated carbocycles. The summed E-state index contributed by atoms with van der Waals surface area (Å²) in [5, 5.41) is 0. The fraction of sp³-hybridized carbons (Fsp3) is 0.269. The van der Waals surface area contributed by atoms with Crippen molar-refractivity contribution in [2.75, 3.05) is 26.2 Å². The Balaban J connectivity index is 1.49. The standard InChI is InChI=1S/C26H25N3O2/c1-19-17-21(11-12-27-19)26(24(30)22-9-5-6-10-23(22)25(26)31)29-15-13-28(14-16-29)18-20-7-3-2-4-8-20/h2-12,17H,13-16,18H2,1H3. The second-order valence-electron chi connectivity index (χ2n) is 8.35. The lowest BCUT2D eigenvalue weighted by atomic mass is 9.82. The zero-order valence-electron chi connectivity index (χ0n) is 17.6. The van der Waals surface area contributed by atoms with E-state index < -0.39 is 5.54 Å². The van der Waals surface area contributed by atoms with Gasteiger partial charge in [-0.1, -0.05) is 54.6 Å². The van der Waals surface area contributed by atoms with E-state index in [1.165, 1.54) is 5.56 Å². The first kappa shape index (κ1) is 19.8. The van der Waals surface area contributed by atoms with Crippen molar-refractivity contribution in [3.05, 3.63) is 101 Å². The predicted octanol–water partition coefficient (Wildman–Crippen LogP) is 3.48. The van der Waals surface area contributed by atoms with Crippen molar-refractivity contribution >= 4 is 11.6 Å². The van der Waals surface area contributed by atoms with Gasteiger partial charge in [0, 0.05) is 55.7 Å². The molecule has 1 saturated heterocycles. The normalized spacial score (nSPS) is 18.9. The summed E-state index contributed by atoms with van der Waals surface area (Å²) in [4.78, 5) is 36.4. The Kier molecular flexibility index (Phi) is 5.00. The molecule has 5 rings (SSSR count). The maximum atomic E-state index is 13.8. The average Bonchev–Trinajstić information content (AvgIpc) is 3.03. The minimum atomic E-state index is -1.30. The van der Waals surface area contributed by atoms with Gasteiger partial charge in [-0.2, -0.15) is 0 Å². The molecule has 5 nitrogen and oxygen atoms in total. The van der Waals surface area contributed by atoms with Gasteiger partial charge in [-0.15, -0.1) is 0 Å². The molecule has 0 unspecified atom stereocenters. The molecule has 0 atom stereocenters. The molecule has 31 heavy (non-hydrogen) atoms. The van der Waals surface area contributed by atoms with Gasteiger partial charge in [-0.25, -0.2) is 0 Å². The Hall–Kier alpha value is -3.15. The van der Waals surface area contributed by atoms with Gasteiger partial charge in [0.25, 0.3) is 0 Å². The number of piperazine rings is 1. The molecule has 1 aliphatic heterocycles. The number of Topliss-reactive ketones (excluding diaryl/α,β-unsaturated/α-hetero) is 2. The van der Waals surface area contributed by atoms with Gasteiger partial charge in [-0.3, -0.25) is 24.4 Å². The van der Waals surface area contributed by atoms with E-state index in [4.69, 9.17) is 0 Å². The van der Waals surface area contributed by atoms with Crippen LogP contribution in [0.5, 0.6) is 0 Å². The predicted molar refractivity (Wildman–Crippen MR) is 119 cm³/mol. The largest absolute Gasteiger partial charge is 0.297 e. The molecule has 2 aliphatic rings. The van der Waals surface area contributed by atoms with Crippen molar-refractivity contribution in [1.29, 1.82) is 0 Å². The van der Waals surface area contributed by atoms with Crippen molar-refractivity contribution in [1.82, 2.24) is 14.8 Å². The third kappa shape index (κ3) is 3.21. The molecular formula is C26H25N3O2. The summed E-state index contributed by atoms with van der Waals surface area (Å²) >= 11 is 0. The molecule has 3 aromatic rings. The number of hydrogen-bond donors (Lipinski definition) is 0. The number of nitrogens with zero attached hydrogens (tertiary/aromatic N) is 3. The summed E-state index contributed by atoms with van der Waals surface area (Å²) in [6.07, 6.45) is 1.70. The summed E-state index contributed by atoms with van der Waals surface area (Å²) in [6.45, 7) is 5.68. The van der Waals surface area contributed by atoms with Crippen LogP contribution in [0.15, 0.2) is 72.9 Å². The summed E-state index contributed by atoms with van der Waals surface area (Å²) < 4.78 is 0. The van der Waals surface area contributed by atoms with Crippen LogP contribution in [-0.4, -0.2) is 52.5 Å². The van der Waals surface area contributed by atoms with Crippen LogP contribution in [0.2, 0.25) is 0 Å². The lowest BCUT2D eigenvalue weighted by Crippen LogP contribution is -2.60. The molecule has 0 amide bonds. The summed E-state index contributed by atoms with van der Waals surface area (Å²) in [5.74, 6) is -0.231. The highest BCUT2D eigenvalue weighted by atomic mass is 16.2. The molecule has 0 bridgehead atoms. The Morgan fingerprint density at radius 2 is 1.45 bits per heavy atom. The monoisotopic (exact) mass is 411 g/mol. The number of hydrogen-bond acceptors (Lipinski definition) is 5. The van der Waals surface area contributed by atoms with E-state index in [-0.39, 0.29) is 11.6 Å². The van der Waals surface area contributed by atoms with Gasteiger partial charge in [0.1, 0.15) is 0 Å². The molecule has 0 spiro atoms. The zero-order chi connectivity index (χ0) is 21.4. The summed E-state index contributed by atoms with van der Waals surface area (Å²) in [7, 11) is 0. The SMILES string of the molecule is Cc1cc(C2(N3CCN(Cc4ccccc4)CC3)C(=O)c3ccccc3C2=O)ccn1. The van der Waals surface area contributed by atoms with Crippen LogP contribution < -0.4 is 0 Å². The number of aromatic nitrogens is 1. The fourth-order valence-corrected chi connectivity index (χ4v) is 4.96. The van der Waals surface area contributed by atoms with Crippen LogP contribution in [-0.2, 0) is 12.1 Å². The first-order valence-electron chi connectivity index (χ1n) is 10.7. The first-order chi connectivity index (χ1) is 15.1. The zero-order valence-corrected chi connectivity index (χ0v) is 17.6. The highest BCUT2D eigenvalue weighted by Gasteiger charge is 2.58. The second kappa shape index (κ2) is 7.84. The minimum absolute atomic E-state index is 0.116. The number of fused-ring (bicyclic) bond motifs is 1. The number of ketones is 2. The number of aryl methyl sites for hydroxylation is 1. The van der Waals surface area contributed by atoms with Crippen molar-refractivity contribution in [2.45, 2.75) is 19.0 Å². The smallest absolute Gasteiger partial charge is 0.196 e. The molecule has 156 valence electrons. The van der Waals surface area contributed by atoms with Crippen molar-refractivity contribution in [3.8, 4) is 0 Å². The lowest BCUT2D eigenvalue weighted by molar-refractivity contribution is 0.0279. The number of pyridine rings is 1. The third-order valence-corrected chi connectivity index (χ3v) is 6.48. The van der Waals surface area contributed by atoms with Crippen LogP contribution in [0.25, 0.3) is 0 Å². The molecule has 1 fully saturated rings. The van der Waals surface area contributed by atoms with Crippen LogP contribution in [0.1, 0.15) is 37.5 Å². The van der Waals surface area contributed by atoms with E-state index in [2.05, 4.69) is 39.0 Å². The van der Waals surface area contributed by atoms with Gasteiger partial charge in [0.15, 0.2) is 17.1 Å². The average molecular weight is 412 g/mol. The van der Waals surface area contributed by atoms with E-state index in [1.807, 2.05) is 37.3 Å². The molecule has 0 N–H and O–H groups in total. The molecule has 0 radical (unpaired) electrons. The van der Waals surface area contributed by atoms with E-state index >= 15 is 0 Å². The third-order valence-electron chi connectivity index (χ3n) is 6.48. The fourth-order valence-electron chi connectivity index (χ4n) is 4.96. The first-order valence-corrected chi connectivity index (χ1v) is 10.7. The number of rotatable bonds is 4. The summed E-state index contributed by atoms with van der Waals surface area (Å²) in [6, 6.07) is 21.3. The van der Waals surface area contributed by atoms with Crippen molar-refractivity contribution < 1.29 is 9.59 Å². The summed E-state index contributed by atoms with van der Waals surface area (Å²) in [5.41, 5.74) is 2.55. The van der Waals surface area contributed by atoms with E-state index in [9.17, 15) is 9.59 Å². The number of benzene rings is 2. The Labute approximate surface area is 182 Å². The molecule has 2 heterocycles. The highest BCUT2D eigenvalue weighted by Crippen LogP contribution is 2.43. The molecule has 2 aromatic carbocycles. The molecule has 5 heteroatoms. The Bertz CT molecular complexity index is 1100. The lowest BCUT2D eigenvalue weighted by Gasteiger charge is -2.44. The molecule has 1 aliphatic carbocycles.